The van der Waals surface area contributed by atoms with Gasteiger partial charge < -0.3 is 9.15 Å². The molecule has 3 rings (SSSR count). The summed E-state index contributed by atoms with van der Waals surface area (Å²) in [4.78, 5) is 33.2. The van der Waals surface area contributed by atoms with Crippen molar-refractivity contribution in [3.8, 4) is 11.3 Å². The van der Waals surface area contributed by atoms with E-state index < -0.39 is 4.92 Å². The number of hydrazone groups is 1. The Kier molecular flexibility index (Phi) is 4.90. The number of ether oxygens (including phenoxy) is 1. The molecule has 9 heteroatoms. The van der Waals surface area contributed by atoms with Gasteiger partial charge in [-0.25, -0.2) is 5.01 Å². The van der Waals surface area contributed by atoms with Gasteiger partial charge in [-0.1, -0.05) is 0 Å². The normalized spacial score (nSPS) is 14.6. The van der Waals surface area contributed by atoms with E-state index in [1.165, 1.54) is 25.5 Å². The van der Waals surface area contributed by atoms with Crippen LogP contribution in [0.1, 0.15) is 17.7 Å². The molecule has 0 N–H and O–H groups in total. The van der Waals surface area contributed by atoms with Crippen LogP contribution in [0.25, 0.3) is 11.3 Å². The van der Waals surface area contributed by atoms with Crippen LogP contribution < -0.4 is 0 Å². The SMILES string of the molecule is COCc1cc(-c2ccc([N+](=O)[O-])cc2)oc1/C=N/N1CC(=O)CC1=O. The number of furan rings is 1. The molecular formula is C17H15N3O6. The van der Waals surface area contributed by atoms with Crippen molar-refractivity contribution in [1.82, 2.24) is 5.01 Å². The zero-order valence-corrected chi connectivity index (χ0v) is 13.9. The van der Waals surface area contributed by atoms with Crippen molar-refractivity contribution in [1.29, 1.82) is 0 Å². The van der Waals surface area contributed by atoms with E-state index in [0.29, 0.717) is 22.6 Å². The summed E-state index contributed by atoms with van der Waals surface area (Å²) in [5, 5.41) is 15.8. The Balaban J connectivity index is 1.87. The van der Waals surface area contributed by atoms with Gasteiger partial charge in [0.05, 0.1) is 24.2 Å². The van der Waals surface area contributed by atoms with Crippen molar-refractivity contribution < 1.29 is 23.7 Å². The Morgan fingerprint density at radius 1 is 1.35 bits per heavy atom. The summed E-state index contributed by atoms with van der Waals surface area (Å²) in [7, 11) is 1.53. The van der Waals surface area contributed by atoms with Crippen molar-refractivity contribution in [3.05, 3.63) is 51.8 Å². The summed E-state index contributed by atoms with van der Waals surface area (Å²) < 4.78 is 10.9. The number of carbonyl (C=O) groups excluding carboxylic acids is 2. The third-order valence-corrected chi connectivity index (χ3v) is 3.78. The molecule has 26 heavy (non-hydrogen) atoms. The Hall–Kier alpha value is -3.33. The topological polar surface area (TPSA) is 115 Å². The molecule has 9 nitrogen and oxygen atoms in total. The largest absolute Gasteiger partial charge is 0.455 e. The highest BCUT2D eigenvalue weighted by Crippen LogP contribution is 2.27. The zero-order valence-electron chi connectivity index (χ0n) is 13.9. The van der Waals surface area contributed by atoms with Crippen LogP contribution in [0.15, 0.2) is 39.9 Å². The average Bonchev–Trinajstić information content (AvgIpc) is 3.16. The number of non-ortho nitro benzene ring substituents is 1. The minimum Gasteiger partial charge on any atom is -0.455 e. The van der Waals surface area contributed by atoms with Crippen LogP contribution in [0.3, 0.4) is 0 Å². The van der Waals surface area contributed by atoms with E-state index in [0.717, 1.165) is 5.01 Å². The van der Waals surface area contributed by atoms with E-state index >= 15 is 0 Å². The van der Waals surface area contributed by atoms with Crippen molar-refractivity contribution in [2.45, 2.75) is 13.0 Å². The summed E-state index contributed by atoms with van der Waals surface area (Å²) in [5.41, 5.74) is 1.33. The number of Topliss-reactive ketones (excluding diaryl/α,β-unsaturated/α-hetero) is 1. The van der Waals surface area contributed by atoms with Gasteiger partial charge in [-0.05, 0) is 18.2 Å². The number of amides is 1. The second-order valence-corrected chi connectivity index (χ2v) is 5.65. The number of rotatable bonds is 6. The summed E-state index contributed by atoms with van der Waals surface area (Å²) in [6.45, 7) is 0.204. The maximum Gasteiger partial charge on any atom is 0.269 e. The summed E-state index contributed by atoms with van der Waals surface area (Å²) in [6, 6.07) is 7.67. The number of hydrogen-bond acceptors (Lipinski definition) is 7. The predicted molar refractivity (Wildman–Crippen MR) is 90.4 cm³/mol. The molecule has 0 unspecified atom stereocenters. The van der Waals surface area contributed by atoms with Crippen LogP contribution in [0.5, 0.6) is 0 Å². The number of ketones is 1. The van der Waals surface area contributed by atoms with Crippen LogP contribution >= 0.6 is 0 Å². The average molecular weight is 357 g/mol. The quantitative estimate of drug-likeness (QED) is 0.338. The molecule has 134 valence electrons. The summed E-state index contributed by atoms with van der Waals surface area (Å²) in [6.07, 6.45) is 1.22. The molecule has 1 amide bonds. The van der Waals surface area contributed by atoms with E-state index in [4.69, 9.17) is 9.15 Å². The summed E-state index contributed by atoms with van der Waals surface area (Å²) in [5.74, 6) is 0.321. The third-order valence-electron chi connectivity index (χ3n) is 3.78. The van der Waals surface area contributed by atoms with Crippen molar-refractivity contribution in [3.63, 3.8) is 0 Å². The van der Waals surface area contributed by atoms with Crippen LogP contribution in [-0.2, 0) is 20.9 Å². The molecule has 0 bridgehead atoms. The van der Waals surface area contributed by atoms with Gasteiger partial charge in [0, 0.05) is 30.4 Å². The Labute approximate surface area is 148 Å². The van der Waals surface area contributed by atoms with Gasteiger partial charge in [-0.2, -0.15) is 5.10 Å². The fraction of sp³-hybridized carbons (Fsp3) is 0.235. The minimum absolute atomic E-state index is 0.0172. The van der Waals surface area contributed by atoms with Crippen molar-refractivity contribution >= 4 is 23.6 Å². The summed E-state index contributed by atoms with van der Waals surface area (Å²) >= 11 is 0. The number of nitrogens with zero attached hydrogens (tertiary/aromatic N) is 3. The van der Waals surface area contributed by atoms with Crippen LogP contribution in [0.2, 0.25) is 0 Å². The molecular weight excluding hydrogens is 342 g/mol. The van der Waals surface area contributed by atoms with E-state index in [1.54, 1.807) is 18.2 Å². The second kappa shape index (κ2) is 7.28. The molecule has 1 aromatic carbocycles. The van der Waals surface area contributed by atoms with E-state index in [-0.39, 0.29) is 37.0 Å². The number of benzene rings is 1. The second-order valence-electron chi connectivity index (χ2n) is 5.65. The lowest BCUT2D eigenvalue weighted by atomic mass is 10.1. The van der Waals surface area contributed by atoms with Gasteiger partial charge in [0.15, 0.2) is 11.5 Å². The number of methoxy groups -OCH3 is 1. The predicted octanol–water partition coefficient (Wildman–Crippen LogP) is 2.14. The standard InChI is InChI=1S/C17H15N3O6/c1-25-10-12-6-15(11-2-4-13(5-3-11)20(23)24)26-16(12)8-18-19-9-14(21)7-17(19)22/h2-6,8H,7,9-10H2,1H3/b18-8+. The number of nitro benzene ring substituents is 1. The van der Waals surface area contributed by atoms with Gasteiger partial charge in [0.25, 0.3) is 11.6 Å². The number of carbonyl (C=O) groups is 2. The lowest BCUT2D eigenvalue weighted by Gasteiger charge is -2.05. The highest BCUT2D eigenvalue weighted by atomic mass is 16.6. The smallest absolute Gasteiger partial charge is 0.269 e. The van der Waals surface area contributed by atoms with E-state index in [2.05, 4.69) is 5.10 Å². The molecule has 1 saturated heterocycles. The molecule has 0 atom stereocenters. The van der Waals surface area contributed by atoms with Gasteiger partial charge in [-0.3, -0.25) is 19.7 Å². The molecule has 0 radical (unpaired) electrons. The molecule has 1 fully saturated rings. The van der Waals surface area contributed by atoms with Crippen LogP contribution in [0.4, 0.5) is 5.69 Å². The van der Waals surface area contributed by atoms with E-state index in [1.807, 2.05) is 0 Å². The lowest BCUT2D eigenvalue weighted by molar-refractivity contribution is -0.384. The van der Waals surface area contributed by atoms with Crippen LogP contribution in [-0.4, -0.2) is 41.5 Å². The molecule has 2 heterocycles. The maximum atomic E-state index is 11.6. The Morgan fingerprint density at radius 3 is 2.65 bits per heavy atom. The van der Waals surface area contributed by atoms with Crippen molar-refractivity contribution in [2.24, 2.45) is 5.10 Å². The Bertz CT molecular complexity index is 884. The molecule has 2 aromatic rings. The molecule has 1 aliphatic rings. The molecule has 0 aliphatic carbocycles. The maximum absolute atomic E-state index is 11.6. The molecule has 0 spiro atoms. The highest BCUT2D eigenvalue weighted by molar-refractivity contribution is 6.05. The first-order chi connectivity index (χ1) is 12.5. The van der Waals surface area contributed by atoms with Gasteiger partial charge in [0.1, 0.15) is 12.3 Å². The first-order valence-corrected chi connectivity index (χ1v) is 7.70. The fourth-order valence-electron chi connectivity index (χ4n) is 2.51. The van der Waals surface area contributed by atoms with Crippen LogP contribution in [0, 0.1) is 10.1 Å². The first kappa shape index (κ1) is 17.5. The van der Waals surface area contributed by atoms with Crippen molar-refractivity contribution in [2.75, 3.05) is 13.7 Å². The monoisotopic (exact) mass is 357 g/mol. The Morgan fingerprint density at radius 2 is 2.08 bits per heavy atom. The van der Waals surface area contributed by atoms with Gasteiger partial charge in [0.2, 0.25) is 0 Å². The fourth-order valence-corrected chi connectivity index (χ4v) is 2.51. The van der Waals surface area contributed by atoms with Gasteiger partial charge >= 0.3 is 0 Å². The zero-order chi connectivity index (χ0) is 18.7. The molecule has 0 saturated carbocycles. The minimum atomic E-state index is -0.477. The number of hydrogen-bond donors (Lipinski definition) is 0. The van der Waals surface area contributed by atoms with E-state index in [9.17, 15) is 19.7 Å². The van der Waals surface area contributed by atoms with Gasteiger partial charge in [-0.15, -0.1) is 0 Å². The highest BCUT2D eigenvalue weighted by Gasteiger charge is 2.27. The first-order valence-electron chi connectivity index (χ1n) is 7.70. The third kappa shape index (κ3) is 3.67. The number of nitro groups is 1. The lowest BCUT2D eigenvalue weighted by Crippen LogP contribution is -2.18. The molecule has 1 aromatic heterocycles. The molecule has 1 aliphatic heterocycles.